The van der Waals surface area contributed by atoms with Gasteiger partial charge in [0.15, 0.2) is 0 Å². The molecule has 1 aromatic carbocycles. The summed E-state index contributed by atoms with van der Waals surface area (Å²) in [4.78, 5) is 24.1. The number of ether oxygens (including phenoxy) is 2. The quantitative estimate of drug-likeness (QED) is 0.675. The molecule has 22 heavy (non-hydrogen) atoms. The highest BCUT2D eigenvalue weighted by atomic mass is 35.5. The predicted molar refractivity (Wildman–Crippen MR) is 77.1 cm³/mol. The molecule has 1 N–H and O–H groups in total. The van der Waals surface area contributed by atoms with Crippen molar-refractivity contribution in [1.29, 1.82) is 5.26 Å². The van der Waals surface area contributed by atoms with Crippen LogP contribution in [0.25, 0.3) is 5.03 Å². The third-order valence-electron chi connectivity index (χ3n) is 3.20. The van der Waals surface area contributed by atoms with Crippen LogP contribution in [0.2, 0.25) is 0 Å². The minimum atomic E-state index is -2.45. The fraction of sp³-hybridized carbons (Fsp3) is 0.267. The Morgan fingerprint density at radius 2 is 2.14 bits per heavy atom. The van der Waals surface area contributed by atoms with Crippen molar-refractivity contribution in [3.63, 3.8) is 0 Å². The minimum absolute atomic E-state index is 0.0128. The van der Waals surface area contributed by atoms with Crippen LogP contribution in [0.4, 0.5) is 0 Å². The molecule has 1 aliphatic rings. The molecule has 1 aliphatic heterocycles. The highest BCUT2D eigenvalue weighted by Crippen LogP contribution is 2.44. The van der Waals surface area contributed by atoms with Gasteiger partial charge in [0, 0.05) is 11.1 Å². The van der Waals surface area contributed by atoms with Crippen molar-refractivity contribution in [2.75, 3.05) is 6.61 Å². The minimum Gasteiger partial charge on any atom is -0.478 e. The van der Waals surface area contributed by atoms with Crippen LogP contribution in [0.3, 0.4) is 0 Å². The summed E-state index contributed by atoms with van der Waals surface area (Å²) in [5.74, 6) is -2.55. The van der Waals surface area contributed by atoms with Gasteiger partial charge < -0.3 is 14.6 Å². The van der Waals surface area contributed by atoms with Gasteiger partial charge in [0.1, 0.15) is 5.75 Å². The summed E-state index contributed by atoms with van der Waals surface area (Å²) in [5, 5.41) is 18.6. The number of nitriles is 1. The Kier molecular flexibility index (Phi) is 4.38. The van der Waals surface area contributed by atoms with Gasteiger partial charge in [-0.25, -0.2) is 9.59 Å². The number of carboxylic acids is 1. The highest BCUT2D eigenvalue weighted by Gasteiger charge is 2.57. The lowest BCUT2D eigenvalue weighted by molar-refractivity contribution is -0.172. The molecule has 0 saturated carbocycles. The molecule has 1 aromatic rings. The van der Waals surface area contributed by atoms with Gasteiger partial charge in [0.2, 0.25) is 0 Å². The SMILES string of the molecule is CCOC(=O)C1(C(=O)O)Oc2ccccc2C(Cl)=C1CC#N. The second-order valence-corrected chi connectivity index (χ2v) is 4.81. The summed E-state index contributed by atoms with van der Waals surface area (Å²) < 4.78 is 10.3. The first-order valence-electron chi connectivity index (χ1n) is 6.44. The highest BCUT2D eigenvalue weighted by molar-refractivity contribution is 6.50. The Hall–Kier alpha value is -2.52. The molecular formula is C15H12ClNO5. The number of fused-ring (bicyclic) bond motifs is 1. The number of carbonyl (C=O) groups excluding carboxylic acids is 1. The second kappa shape index (κ2) is 6.08. The molecule has 0 aromatic heterocycles. The molecule has 1 unspecified atom stereocenters. The van der Waals surface area contributed by atoms with Gasteiger partial charge in [-0.1, -0.05) is 23.7 Å². The zero-order chi connectivity index (χ0) is 16.3. The Bertz CT molecular complexity index is 706. The van der Waals surface area contributed by atoms with Crippen molar-refractivity contribution in [1.82, 2.24) is 0 Å². The number of nitrogens with zero attached hydrogens (tertiary/aromatic N) is 1. The van der Waals surface area contributed by atoms with E-state index in [0.29, 0.717) is 5.56 Å². The lowest BCUT2D eigenvalue weighted by atomic mass is 9.86. The topological polar surface area (TPSA) is 96.6 Å². The molecule has 1 heterocycles. The number of hydrogen-bond donors (Lipinski definition) is 1. The van der Waals surface area contributed by atoms with Crippen LogP contribution in [0.5, 0.6) is 5.75 Å². The van der Waals surface area contributed by atoms with Crippen molar-refractivity contribution in [3.05, 3.63) is 35.4 Å². The van der Waals surface area contributed by atoms with Gasteiger partial charge in [-0.2, -0.15) is 5.26 Å². The van der Waals surface area contributed by atoms with E-state index in [9.17, 15) is 14.7 Å². The Labute approximate surface area is 131 Å². The van der Waals surface area contributed by atoms with E-state index in [0.717, 1.165) is 0 Å². The first kappa shape index (κ1) is 15.9. The van der Waals surface area contributed by atoms with E-state index in [1.54, 1.807) is 25.1 Å². The van der Waals surface area contributed by atoms with Crippen molar-refractivity contribution in [3.8, 4) is 11.8 Å². The van der Waals surface area contributed by atoms with E-state index < -0.39 is 17.5 Å². The van der Waals surface area contributed by atoms with Gasteiger partial charge in [0.25, 0.3) is 0 Å². The molecule has 1 atom stereocenters. The average Bonchev–Trinajstić information content (AvgIpc) is 2.50. The van der Waals surface area contributed by atoms with Crippen LogP contribution in [-0.4, -0.2) is 29.3 Å². The molecule has 0 saturated heterocycles. The zero-order valence-electron chi connectivity index (χ0n) is 11.6. The van der Waals surface area contributed by atoms with Gasteiger partial charge in [0.05, 0.1) is 24.1 Å². The fourth-order valence-electron chi connectivity index (χ4n) is 2.22. The summed E-state index contributed by atoms with van der Waals surface area (Å²) >= 11 is 6.24. The van der Waals surface area contributed by atoms with Crippen LogP contribution in [0.1, 0.15) is 18.9 Å². The van der Waals surface area contributed by atoms with Gasteiger partial charge in [-0.3, -0.25) is 0 Å². The smallest absolute Gasteiger partial charge is 0.367 e. The third-order valence-corrected chi connectivity index (χ3v) is 3.63. The van der Waals surface area contributed by atoms with Gasteiger partial charge in [-0.15, -0.1) is 0 Å². The predicted octanol–water partition coefficient (Wildman–Crippen LogP) is 2.33. The number of aliphatic carboxylic acids is 1. The second-order valence-electron chi connectivity index (χ2n) is 4.43. The number of benzene rings is 1. The summed E-state index contributed by atoms with van der Waals surface area (Å²) in [5.41, 5.74) is -2.16. The van der Waals surface area contributed by atoms with E-state index in [-0.39, 0.29) is 29.4 Å². The summed E-state index contributed by atoms with van der Waals surface area (Å²) in [7, 11) is 0. The van der Waals surface area contributed by atoms with Crippen LogP contribution in [-0.2, 0) is 14.3 Å². The maximum absolute atomic E-state index is 12.3. The van der Waals surface area contributed by atoms with E-state index in [1.165, 1.54) is 6.07 Å². The molecule has 0 aliphatic carbocycles. The number of carbonyl (C=O) groups is 2. The number of esters is 1. The average molecular weight is 322 g/mol. The van der Waals surface area contributed by atoms with Crippen molar-refractivity contribution >= 4 is 28.6 Å². The standard InChI is InChI=1S/C15H12ClNO5/c1-2-21-14(20)15(13(18)19)10(7-8-17)12(16)9-5-3-4-6-11(9)22-15/h3-6H,2,7H2,1H3,(H,18,19). The maximum Gasteiger partial charge on any atom is 0.367 e. The molecule has 0 fully saturated rings. The number of hydrogen-bond acceptors (Lipinski definition) is 5. The monoisotopic (exact) mass is 321 g/mol. The summed E-state index contributed by atoms with van der Waals surface area (Å²) in [6, 6.07) is 8.23. The molecule has 6 nitrogen and oxygen atoms in total. The Morgan fingerprint density at radius 3 is 2.73 bits per heavy atom. The number of rotatable bonds is 4. The first-order chi connectivity index (χ1) is 10.5. The van der Waals surface area contributed by atoms with Crippen LogP contribution in [0.15, 0.2) is 29.8 Å². The zero-order valence-corrected chi connectivity index (χ0v) is 12.4. The van der Waals surface area contributed by atoms with Crippen LogP contribution < -0.4 is 4.74 Å². The van der Waals surface area contributed by atoms with E-state index in [1.807, 2.05) is 6.07 Å². The number of para-hydroxylation sites is 1. The Balaban J connectivity index is 2.73. The molecule has 2 rings (SSSR count). The summed E-state index contributed by atoms with van der Waals surface area (Å²) in [6.45, 7) is 1.51. The first-order valence-corrected chi connectivity index (χ1v) is 6.82. The molecule has 0 radical (unpaired) electrons. The lowest BCUT2D eigenvalue weighted by Crippen LogP contribution is -2.55. The Morgan fingerprint density at radius 1 is 1.45 bits per heavy atom. The van der Waals surface area contributed by atoms with Crippen molar-refractivity contribution < 1.29 is 24.2 Å². The van der Waals surface area contributed by atoms with Gasteiger partial charge >= 0.3 is 17.5 Å². The molecular weight excluding hydrogens is 310 g/mol. The molecule has 0 amide bonds. The normalized spacial score (nSPS) is 19.7. The van der Waals surface area contributed by atoms with Gasteiger partial charge in [-0.05, 0) is 19.1 Å². The largest absolute Gasteiger partial charge is 0.478 e. The molecule has 114 valence electrons. The van der Waals surface area contributed by atoms with Crippen molar-refractivity contribution in [2.24, 2.45) is 0 Å². The maximum atomic E-state index is 12.3. The van der Waals surface area contributed by atoms with Crippen LogP contribution in [0, 0.1) is 11.3 Å². The van der Waals surface area contributed by atoms with E-state index >= 15 is 0 Å². The number of halogens is 1. The van der Waals surface area contributed by atoms with Crippen molar-refractivity contribution in [2.45, 2.75) is 18.9 Å². The lowest BCUT2D eigenvalue weighted by Gasteiger charge is -2.34. The molecule has 0 bridgehead atoms. The molecule has 7 heteroatoms. The summed E-state index contributed by atoms with van der Waals surface area (Å²) in [6.07, 6.45) is -0.377. The molecule has 0 spiro atoms. The van der Waals surface area contributed by atoms with E-state index in [2.05, 4.69) is 0 Å². The fourth-order valence-corrected chi connectivity index (χ4v) is 2.58. The van der Waals surface area contributed by atoms with Crippen LogP contribution >= 0.6 is 11.6 Å². The third kappa shape index (κ3) is 2.30. The van der Waals surface area contributed by atoms with E-state index in [4.69, 9.17) is 26.3 Å². The number of carboxylic acid groups (broad SMARTS) is 1.